The van der Waals surface area contributed by atoms with E-state index in [-0.39, 0.29) is 0 Å². The van der Waals surface area contributed by atoms with Gasteiger partial charge in [0.15, 0.2) is 0 Å². The van der Waals surface area contributed by atoms with E-state index >= 15 is 0 Å². The first-order valence-electron chi connectivity index (χ1n) is 6.18. The van der Waals surface area contributed by atoms with E-state index in [1.54, 1.807) is 0 Å². The number of ketones is 1. The van der Waals surface area contributed by atoms with Gasteiger partial charge in [0.05, 0.1) is 13.2 Å². The van der Waals surface area contributed by atoms with Gasteiger partial charge >= 0.3 is 0 Å². The lowest BCUT2D eigenvalue weighted by Gasteiger charge is -2.31. The Labute approximate surface area is 90.8 Å². The third kappa shape index (κ3) is 1.72. The summed E-state index contributed by atoms with van der Waals surface area (Å²) in [6.45, 7) is 4.72. The Kier molecular flexibility index (Phi) is 2.53. The smallest absolute Gasteiger partial charge is 0.140 e. The highest BCUT2D eigenvalue weighted by molar-refractivity contribution is 5.87. The van der Waals surface area contributed by atoms with Gasteiger partial charge in [-0.15, -0.1) is 0 Å². The Balaban J connectivity index is 1.60. The fourth-order valence-electron chi connectivity index (χ4n) is 3.48. The molecule has 0 spiro atoms. The van der Waals surface area contributed by atoms with Crippen LogP contribution in [0.1, 0.15) is 19.3 Å². The van der Waals surface area contributed by atoms with E-state index in [0.717, 1.165) is 32.8 Å². The summed E-state index contributed by atoms with van der Waals surface area (Å²) in [4.78, 5) is 14.4. The van der Waals surface area contributed by atoms with Gasteiger partial charge in [-0.2, -0.15) is 0 Å². The van der Waals surface area contributed by atoms with Crippen LogP contribution in [0.4, 0.5) is 0 Å². The Morgan fingerprint density at radius 3 is 2.73 bits per heavy atom. The van der Waals surface area contributed by atoms with Crippen LogP contribution in [0.15, 0.2) is 0 Å². The van der Waals surface area contributed by atoms with Crippen LogP contribution in [0.5, 0.6) is 0 Å². The van der Waals surface area contributed by atoms with Crippen LogP contribution in [-0.2, 0) is 9.53 Å². The summed E-state index contributed by atoms with van der Waals surface area (Å²) in [5.74, 6) is 2.07. The van der Waals surface area contributed by atoms with E-state index in [4.69, 9.17) is 4.74 Å². The number of carbonyl (C=O) groups is 1. The average Bonchev–Trinajstić information content (AvgIpc) is 2.84. The quantitative estimate of drug-likeness (QED) is 0.677. The number of nitrogens with zero attached hydrogens (tertiary/aromatic N) is 1. The molecule has 0 aromatic rings. The first-order chi connectivity index (χ1) is 7.34. The summed E-state index contributed by atoms with van der Waals surface area (Å²) >= 11 is 0. The van der Waals surface area contributed by atoms with Crippen molar-refractivity contribution in [1.82, 2.24) is 4.90 Å². The summed E-state index contributed by atoms with van der Waals surface area (Å²) in [5, 5.41) is 0. The molecule has 3 nitrogen and oxygen atoms in total. The minimum absolute atomic E-state index is 0.363. The average molecular weight is 209 g/mol. The molecule has 3 fully saturated rings. The number of ether oxygens (including phenoxy) is 1. The van der Waals surface area contributed by atoms with Crippen molar-refractivity contribution in [3.63, 3.8) is 0 Å². The summed E-state index contributed by atoms with van der Waals surface area (Å²) < 4.78 is 5.33. The fourth-order valence-corrected chi connectivity index (χ4v) is 3.48. The Hall–Kier alpha value is -0.410. The second kappa shape index (κ2) is 3.87. The summed E-state index contributed by atoms with van der Waals surface area (Å²) in [6, 6.07) is 0. The van der Waals surface area contributed by atoms with Crippen molar-refractivity contribution in [2.24, 2.45) is 17.8 Å². The molecule has 2 saturated carbocycles. The number of fused-ring (bicyclic) bond motifs is 2. The molecular weight excluding hydrogens is 190 g/mol. The zero-order chi connectivity index (χ0) is 10.3. The number of carbonyl (C=O) groups excluding carboxylic acids is 1. The summed E-state index contributed by atoms with van der Waals surface area (Å²) in [6.07, 6.45) is 3.66. The van der Waals surface area contributed by atoms with Gasteiger partial charge in [-0.05, 0) is 25.2 Å². The number of rotatable bonds is 2. The highest BCUT2D eigenvalue weighted by atomic mass is 16.5. The van der Waals surface area contributed by atoms with Gasteiger partial charge < -0.3 is 4.74 Å². The zero-order valence-electron chi connectivity index (χ0n) is 9.15. The molecule has 3 unspecified atom stereocenters. The van der Waals surface area contributed by atoms with Crippen LogP contribution < -0.4 is 0 Å². The van der Waals surface area contributed by atoms with Crippen molar-refractivity contribution >= 4 is 5.78 Å². The van der Waals surface area contributed by atoms with Crippen molar-refractivity contribution in [1.29, 1.82) is 0 Å². The van der Waals surface area contributed by atoms with Crippen molar-refractivity contribution in [2.45, 2.75) is 19.3 Å². The fraction of sp³-hybridized carbons (Fsp3) is 0.917. The molecule has 84 valence electrons. The van der Waals surface area contributed by atoms with Crippen molar-refractivity contribution in [3.05, 3.63) is 0 Å². The van der Waals surface area contributed by atoms with Crippen LogP contribution in [-0.4, -0.2) is 43.5 Å². The first-order valence-corrected chi connectivity index (χ1v) is 6.18. The molecule has 3 atom stereocenters. The topological polar surface area (TPSA) is 29.5 Å². The van der Waals surface area contributed by atoms with E-state index in [9.17, 15) is 4.79 Å². The third-order valence-electron chi connectivity index (χ3n) is 4.37. The van der Waals surface area contributed by atoms with E-state index < -0.39 is 0 Å². The maximum atomic E-state index is 12.0. The van der Waals surface area contributed by atoms with Gasteiger partial charge in [0.1, 0.15) is 5.78 Å². The molecule has 15 heavy (non-hydrogen) atoms. The standard InChI is InChI=1S/C12H19NO2/c14-12-10-2-1-9(7-10)11(12)8-13-3-5-15-6-4-13/h9-11H,1-8H2. The second-order valence-corrected chi connectivity index (χ2v) is 5.19. The largest absolute Gasteiger partial charge is 0.379 e. The van der Waals surface area contributed by atoms with E-state index in [2.05, 4.69) is 4.90 Å². The number of Topliss-reactive ketones (excluding diaryl/α,β-unsaturated/α-hetero) is 1. The molecule has 2 aliphatic carbocycles. The highest BCUT2D eigenvalue weighted by Gasteiger charge is 2.46. The van der Waals surface area contributed by atoms with Crippen molar-refractivity contribution < 1.29 is 9.53 Å². The van der Waals surface area contributed by atoms with E-state index in [0.29, 0.717) is 23.5 Å². The lowest BCUT2D eigenvalue weighted by Crippen LogP contribution is -2.42. The van der Waals surface area contributed by atoms with Gasteiger partial charge in [0, 0.05) is 31.5 Å². The van der Waals surface area contributed by atoms with Crippen LogP contribution in [0.2, 0.25) is 0 Å². The maximum absolute atomic E-state index is 12.0. The molecule has 1 heterocycles. The van der Waals surface area contributed by atoms with Crippen molar-refractivity contribution in [2.75, 3.05) is 32.8 Å². The molecule has 3 rings (SSSR count). The normalized spacial score (nSPS) is 41.3. The predicted octanol–water partition coefficient (Wildman–Crippen LogP) is 0.934. The summed E-state index contributed by atoms with van der Waals surface area (Å²) in [7, 11) is 0. The van der Waals surface area contributed by atoms with Crippen LogP contribution in [0, 0.1) is 17.8 Å². The van der Waals surface area contributed by atoms with Crippen LogP contribution in [0.3, 0.4) is 0 Å². The minimum Gasteiger partial charge on any atom is -0.379 e. The Morgan fingerprint density at radius 2 is 2.07 bits per heavy atom. The predicted molar refractivity (Wildman–Crippen MR) is 56.6 cm³/mol. The molecule has 1 aliphatic heterocycles. The Morgan fingerprint density at radius 1 is 1.27 bits per heavy atom. The number of hydrogen-bond donors (Lipinski definition) is 0. The van der Waals surface area contributed by atoms with Gasteiger partial charge in [-0.25, -0.2) is 0 Å². The van der Waals surface area contributed by atoms with E-state index in [1.165, 1.54) is 19.3 Å². The number of morpholine rings is 1. The minimum atomic E-state index is 0.363. The molecule has 3 heteroatoms. The Bertz CT molecular complexity index is 260. The molecule has 2 bridgehead atoms. The SMILES string of the molecule is O=C1C2CCC(C2)C1CN1CCOCC1. The van der Waals surface area contributed by atoms with Gasteiger partial charge in [-0.1, -0.05) is 0 Å². The van der Waals surface area contributed by atoms with Gasteiger partial charge in [0.25, 0.3) is 0 Å². The number of hydrogen-bond acceptors (Lipinski definition) is 3. The molecule has 0 aromatic heterocycles. The molecule has 0 aromatic carbocycles. The van der Waals surface area contributed by atoms with Gasteiger partial charge in [0.2, 0.25) is 0 Å². The van der Waals surface area contributed by atoms with Crippen LogP contribution in [0.25, 0.3) is 0 Å². The molecule has 0 radical (unpaired) electrons. The molecule has 0 amide bonds. The lowest BCUT2D eigenvalue weighted by atomic mass is 9.87. The van der Waals surface area contributed by atoms with Gasteiger partial charge in [-0.3, -0.25) is 9.69 Å². The molecule has 0 N–H and O–H groups in total. The molecule has 3 aliphatic rings. The van der Waals surface area contributed by atoms with Crippen molar-refractivity contribution in [3.8, 4) is 0 Å². The zero-order valence-corrected chi connectivity index (χ0v) is 9.15. The van der Waals surface area contributed by atoms with E-state index in [1.807, 2.05) is 0 Å². The maximum Gasteiger partial charge on any atom is 0.140 e. The monoisotopic (exact) mass is 209 g/mol. The van der Waals surface area contributed by atoms with Crippen LogP contribution >= 0.6 is 0 Å². The first kappa shape index (κ1) is 9.79. The summed E-state index contributed by atoms with van der Waals surface area (Å²) in [5.41, 5.74) is 0. The highest BCUT2D eigenvalue weighted by Crippen LogP contribution is 2.46. The molecular formula is C12H19NO2. The molecule has 1 saturated heterocycles. The second-order valence-electron chi connectivity index (χ2n) is 5.19. The lowest BCUT2D eigenvalue weighted by molar-refractivity contribution is -0.126. The third-order valence-corrected chi connectivity index (χ3v) is 4.37.